The highest BCUT2D eigenvalue weighted by Gasteiger charge is 2.49. The molecule has 0 radical (unpaired) electrons. The second-order valence-corrected chi connectivity index (χ2v) is 5.70. The number of nitrogens with zero attached hydrogens (tertiary/aromatic N) is 1. The van der Waals surface area contributed by atoms with Gasteiger partial charge in [-0.2, -0.15) is 0 Å². The van der Waals surface area contributed by atoms with Crippen LogP contribution in [-0.4, -0.2) is 36.9 Å². The number of nitrogens with one attached hydrogen (secondary N) is 1. The largest absolute Gasteiger partial charge is 0.495 e. The molecule has 0 bridgehead atoms. The molecule has 0 heterocycles. The molecule has 0 aliphatic heterocycles. The number of hydrogen-bond donors (Lipinski definition) is 1. The fraction of sp³-hybridized carbons (Fsp3) is 0.500. The summed E-state index contributed by atoms with van der Waals surface area (Å²) in [5.41, 5.74) is 0.608. The lowest BCUT2D eigenvalue weighted by molar-refractivity contribution is -0.133. The molecule has 1 aliphatic rings. The number of halogens is 1. The van der Waals surface area contributed by atoms with Crippen LogP contribution < -0.4 is 10.1 Å². The van der Waals surface area contributed by atoms with Crippen molar-refractivity contribution < 1.29 is 14.3 Å². The van der Waals surface area contributed by atoms with E-state index in [2.05, 4.69) is 5.32 Å². The summed E-state index contributed by atoms with van der Waals surface area (Å²) in [6, 6.07) is 5.07. The molecule has 1 N–H and O–H groups in total. The Balaban J connectivity index is 1.94. The third kappa shape index (κ3) is 3.53. The van der Waals surface area contributed by atoms with Crippen LogP contribution in [-0.2, 0) is 9.59 Å². The predicted octanol–water partition coefficient (Wildman–Crippen LogP) is 2.79. The molecule has 2 rings (SSSR count). The molecule has 0 aromatic heterocycles. The van der Waals surface area contributed by atoms with E-state index in [4.69, 9.17) is 16.3 Å². The Kier molecular flexibility index (Phi) is 5.29. The lowest BCUT2D eigenvalue weighted by Gasteiger charge is -2.18. The SMILES string of the molecule is CCN(CC)C(=O)C1CC1C(=O)Nc1ccc(OC)c(Cl)c1. The van der Waals surface area contributed by atoms with Crippen molar-refractivity contribution >= 4 is 29.1 Å². The van der Waals surface area contributed by atoms with Crippen molar-refractivity contribution in [2.45, 2.75) is 20.3 Å². The van der Waals surface area contributed by atoms with Gasteiger partial charge in [-0.05, 0) is 38.5 Å². The van der Waals surface area contributed by atoms with Crippen LogP contribution in [0.2, 0.25) is 5.02 Å². The van der Waals surface area contributed by atoms with Gasteiger partial charge in [0.15, 0.2) is 0 Å². The van der Waals surface area contributed by atoms with E-state index < -0.39 is 0 Å². The van der Waals surface area contributed by atoms with Gasteiger partial charge in [-0.25, -0.2) is 0 Å². The van der Waals surface area contributed by atoms with Crippen LogP contribution in [0.3, 0.4) is 0 Å². The Hall–Kier alpha value is -1.75. The van der Waals surface area contributed by atoms with E-state index in [-0.39, 0.29) is 23.7 Å². The van der Waals surface area contributed by atoms with Crippen molar-refractivity contribution in [3.63, 3.8) is 0 Å². The molecular formula is C16H21ClN2O3. The number of methoxy groups -OCH3 is 1. The third-order valence-corrected chi connectivity index (χ3v) is 4.23. The molecule has 120 valence electrons. The van der Waals surface area contributed by atoms with Crippen molar-refractivity contribution in [1.29, 1.82) is 0 Å². The molecule has 2 amide bonds. The lowest BCUT2D eigenvalue weighted by atomic mass is 10.2. The first kappa shape index (κ1) is 16.6. The smallest absolute Gasteiger partial charge is 0.228 e. The Morgan fingerprint density at radius 1 is 1.32 bits per heavy atom. The molecule has 1 aromatic carbocycles. The molecule has 2 atom stereocenters. The molecule has 22 heavy (non-hydrogen) atoms. The third-order valence-electron chi connectivity index (χ3n) is 3.94. The van der Waals surface area contributed by atoms with Crippen LogP contribution in [0.15, 0.2) is 18.2 Å². The van der Waals surface area contributed by atoms with Gasteiger partial charge >= 0.3 is 0 Å². The standard InChI is InChI=1S/C16H21ClN2O3/c1-4-19(5-2)16(21)12-9-11(12)15(20)18-10-6-7-14(22-3)13(17)8-10/h6-8,11-12H,4-5,9H2,1-3H3,(H,18,20). The van der Waals surface area contributed by atoms with E-state index in [9.17, 15) is 9.59 Å². The van der Waals surface area contributed by atoms with Crippen LogP contribution in [0.25, 0.3) is 0 Å². The van der Waals surface area contributed by atoms with Gasteiger partial charge in [-0.3, -0.25) is 9.59 Å². The molecule has 2 unspecified atom stereocenters. The molecule has 5 nitrogen and oxygen atoms in total. The monoisotopic (exact) mass is 324 g/mol. The minimum absolute atomic E-state index is 0.0675. The minimum Gasteiger partial charge on any atom is -0.495 e. The van der Waals surface area contributed by atoms with Gasteiger partial charge in [0.2, 0.25) is 11.8 Å². The fourth-order valence-corrected chi connectivity index (χ4v) is 2.76. The van der Waals surface area contributed by atoms with Crippen molar-refractivity contribution in [3.8, 4) is 5.75 Å². The minimum atomic E-state index is -0.242. The van der Waals surface area contributed by atoms with Crippen LogP contribution >= 0.6 is 11.6 Å². The number of anilines is 1. The zero-order valence-corrected chi connectivity index (χ0v) is 13.8. The molecule has 1 fully saturated rings. The summed E-state index contributed by atoms with van der Waals surface area (Å²) in [5.74, 6) is 0.0629. The summed E-state index contributed by atoms with van der Waals surface area (Å²) in [6.45, 7) is 5.24. The van der Waals surface area contributed by atoms with Crippen LogP contribution in [0.4, 0.5) is 5.69 Å². The van der Waals surface area contributed by atoms with Crippen molar-refractivity contribution in [3.05, 3.63) is 23.2 Å². The average Bonchev–Trinajstić information content (AvgIpc) is 3.29. The Bertz CT molecular complexity index is 573. The van der Waals surface area contributed by atoms with Crippen molar-refractivity contribution in [1.82, 2.24) is 4.90 Å². The highest BCUT2D eigenvalue weighted by atomic mass is 35.5. The number of carbonyl (C=O) groups is 2. The van der Waals surface area contributed by atoms with E-state index in [1.165, 1.54) is 7.11 Å². The van der Waals surface area contributed by atoms with Crippen LogP contribution in [0.5, 0.6) is 5.75 Å². The molecular weight excluding hydrogens is 304 g/mol. The highest BCUT2D eigenvalue weighted by Crippen LogP contribution is 2.41. The van der Waals surface area contributed by atoms with Gasteiger partial charge in [0, 0.05) is 18.8 Å². The van der Waals surface area contributed by atoms with Crippen LogP contribution in [0, 0.1) is 11.8 Å². The second-order valence-electron chi connectivity index (χ2n) is 5.30. The normalized spacial score (nSPS) is 19.5. The van der Waals surface area contributed by atoms with Crippen molar-refractivity contribution in [2.24, 2.45) is 11.8 Å². The topological polar surface area (TPSA) is 58.6 Å². The summed E-state index contributed by atoms with van der Waals surface area (Å²) in [5, 5.41) is 3.24. The van der Waals surface area contributed by atoms with Gasteiger partial charge in [-0.15, -0.1) is 0 Å². The Morgan fingerprint density at radius 2 is 2.00 bits per heavy atom. The molecule has 1 aliphatic carbocycles. The maximum absolute atomic E-state index is 12.2. The first-order valence-electron chi connectivity index (χ1n) is 7.45. The quantitative estimate of drug-likeness (QED) is 0.875. The second kappa shape index (κ2) is 7.01. The predicted molar refractivity (Wildman–Crippen MR) is 86.2 cm³/mol. The number of hydrogen-bond acceptors (Lipinski definition) is 3. The molecule has 0 saturated heterocycles. The fourth-order valence-electron chi connectivity index (χ4n) is 2.51. The van der Waals surface area contributed by atoms with E-state index >= 15 is 0 Å². The maximum atomic E-state index is 12.2. The molecule has 1 aromatic rings. The van der Waals surface area contributed by atoms with E-state index in [0.29, 0.717) is 36.0 Å². The highest BCUT2D eigenvalue weighted by molar-refractivity contribution is 6.32. The summed E-state index contributed by atoms with van der Waals surface area (Å²) >= 11 is 6.03. The Labute approximate surface area is 135 Å². The molecule has 0 spiro atoms. The number of ether oxygens (including phenoxy) is 1. The number of rotatable bonds is 6. The summed E-state index contributed by atoms with van der Waals surface area (Å²) in [7, 11) is 1.53. The lowest BCUT2D eigenvalue weighted by Crippen LogP contribution is -2.33. The van der Waals surface area contributed by atoms with E-state index in [0.717, 1.165) is 0 Å². The van der Waals surface area contributed by atoms with Crippen molar-refractivity contribution in [2.75, 3.05) is 25.5 Å². The number of carbonyl (C=O) groups excluding carboxylic acids is 2. The zero-order chi connectivity index (χ0) is 16.3. The van der Waals surface area contributed by atoms with E-state index in [1.54, 1.807) is 23.1 Å². The number of benzene rings is 1. The number of amides is 2. The average molecular weight is 325 g/mol. The Morgan fingerprint density at radius 3 is 2.55 bits per heavy atom. The van der Waals surface area contributed by atoms with Gasteiger partial charge in [0.25, 0.3) is 0 Å². The first-order valence-corrected chi connectivity index (χ1v) is 7.82. The maximum Gasteiger partial charge on any atom is 0.228 e. The summed E-state index contributed by atoms with van der Waals surface area (Å²) in [6.07, 6.45) is 0.616. The van der Waals surface area contributed by atoms with Gasteiger partial charge in [0.1, 0.15) is 5.75 Å². The van der Waals surface area contributed by atoms with Crippen LogP contribution in [0.1, 0.15) is 20.3 Å². The first-order chi connectivity index (χ1) is 10.5. The summed E-state index contributed by atoms with van der Waals surface area (Å²) in [4.78, 5) is 26.1. The zero-order valence-electron chi connectivity index (χ0n) is 13.1. The molecule has 6 heteroatoms. The van der Waals surface area contributed by atoms with E-state index in [1.807, 2.05) is 13.8 Å². The van der Waals surface area contributed by atoms with Gasteiger partial charge in [-0.1, -0.05) is 11.6 Å². The van der Waals surface area contributed by atoms with Gasteiger partial charge < -0.3 is 15.0 Å². The molecule has 1 saturated carbocycles. The van der Waals surface area contributed by atoms with Gasteiger partial charge in [0.05, 0.1) is 24.0 Å². The summed E-state index contributed by atoms with van der Waals surface area (Å²) < 4.78 is 5.07.